The molecular weight excluding hydrogens is 406 g/mol. The van der Waals surface area contributed by atoms with Crippen molar-refractivity contribution in [2.75, 3.05) is 42.1 Å². The van der Waals surface area contributed by atoms with Crippen molar-refractivity contribution in [2.24, 2.45) is 5.10 Å². The first kappa shape index (κ1) is 23.3. The van der Waals surface area contributed by atoms with Gasteiger partial charge in [0.1, 0.15) is 0 Å². The molecule has 0 bridgehead atoms. The molecule has 0 radical (unpaired) electrons. The highest BCUT2D eigenvalue weighted by atomic mass is 16.5. The summed E-state index contributed by atoms with van der Waals surface area (Å²) in [4.78, 5) is 24.4. The van der Waals surface area contributed by atoms with E-state index in [9.17, 15) is 9.59 Å². The third-order valence-electron chi connectivity index (χ3n) is 4.15. The van der Waals surface area contributed by atoms with Gasteiger partial charge in [0.25, 0.3) is 11.8 Å². The van der Waals surface area contributed by atoms with Gasteiger partial charge in [-0.25, -0.2) is 5.43 Å². The van der Waals surface area contributed by atoms with Crippen molar-refractivity contribution in [2.45, 2.75) is 0 Å². The smallest absolute Gasteiger partial charge is 0.259 e. The van der Waals surface area contributed by atoms with Crippen LogP contribution in [0.3, 0.4) is 0 Å². The van der Waals surface area contributed by atoms with Gasteiger partial charge in [-0.15, -0.1) is 0 Å². The summed E-state index contributed by atoms with van der Waals surface area (Å²) in [5, 5.41) is 6.38. The Labute approximate surface area is 180 Å². The molecule has 10 nitrogen and oxygen atoms in total. The summed E-state index contributed by atoms with van der Waals surface area (Å²) in [7, 11) is 7.42. The van der Waals surface area contributed by atoms with Crippen LogP contribution in [0.2, 0.25) is 0 Å². The highest BCUT2D eigenvalue weighted by Crippen LogP contribution is 2.38. The molecule has 0 aliphatic heterocycles. The Bertz CT molecular complexity index is 935. The van der Waals surface area contributed by atoms with Crippen LogP contribution in [0, 0.1) is 0 Å². The normalized spacial score (nSPS) is 10.4. The third kappa shape index (κ3) is 6.01. The van der Waals surface area contributed by atoms with Crippen molar-refractivity contribution < 1.29 is 33.3 Å². The van der Waals surface area contributed by atoms with E-state index in [4.69, 9.17) is 23.7 Å². The lowest BCUT2D eigenvalue weighted by molar-refractivity contribution is -0.120. The maximum atomic E-state index is 12.4. The maximum absolute atomic E-state index is 12.4. The Kier molecular flexibility index (Phi) is 8.50. The van der Waals surface area contributed by atoms with Gasteiger partial charge in [-0.3, -0.25) is 9.59 Å². The first-order valence-electron chi connectivity index (χ1n) is 9.09. The van der Waals surface area contributed by atoms with Gasteiger partial charge in [0.05, 0.1) is 48.3 Å². The number of hydrazone groups is 1. The Morgan fingerprint density at radius 1 is 0.839 bits per heavy atom. The van der Waals surface area contributed by atoms with Gasteiger partial charge >= 0.3 is 0 Å². The molecule has 0 saturated heterocycles. The molecule has 2 aromatic rings. The summed E-state index contributed by atoms with van der Waals surface area (Å²) >= 11 is 0. The number of carbonyl (C=O) groups is 2. The predicted molar refractivity (Wildman–Crippen MR) is 114 cm³/mol. The van der Waals surface area contributed by atoms with Crippen molar-refractivity contribution in [3.05, 3.63) is 41.5 Å². The minimum atomic E-state index is -0.502. The Morgan fingerprint density at radius 3 is 2.00 bits per heavy atom. The lowest BCUT2D eigenvalue weighted by Crippen LogP contribution is -2.34. The quantitative estimate of drug-likeness (QED) is 0.434. The first-order valence-corrected chi connectivity index (χ1v) is 9.09. The van der Waals surface area contributed by atoms with E-state index in [0.29, 0.717) is 34.3 Å². The number of hydrogen-bond acceptors (Lipinski definition) is 8. The fourth-order valence-electron chi connectivity index (χ4n) is 2.63. The van der Waals surface area contributed by atoms with E-state index in [-0.39, 0.29) is 12.1 Å². The van der Waals surface area contributed by atoms with Gasteiger partial charge in [-0.1, -0.05) is 0 Å². The zero-order chi connectivity index (χ0) is 22.8. The highest BCUT2D eigenvalue weighted by Gasteiger charge is 2.17. The van der Waals surface area contributed by atoms with E-state index in [1.165, 1.54) is 53.9 Å². The molecule has 0 spiro atoms. The van der Waals surface area contributed by atoms with Crippen LogP contribution in [0.25, 0.3) is 0 Å². The van der Waals surface area contributed by atoms with Crippen molar-refractivity contribution in [1.82, 2.24) is 10.7 Å². The summed E-state index contributed by atoms with van der Waals surface area (Å²) in [6, 6.07) is 8.16. The van der Waals surface area contributed by atoms with Gasteiger partial charge in [-0.05, 0) is 35.9 Å². The van der Waals surface area contributed by atoms with Gasteiger partial charge < -0.3 is 29.0 Å². The second kappa shape index (κ2) is 11.3. The van der Waals surface area contributed by atoms with E-state index in [1.807, 2.05) is 0 Å². The summed E-state index contributed by atoms with van der Waals surface area (Å²) in [5.41, 5.74) is 3.28. The summed E-state index contributed by atoms with van der Waals surface area (Å²) in [6.07, 6.45) is 1.45. The Balaban J connectivity index is 1.95. The zero-order valence-electron chi connectivity index (χ0n) is 18.0. The molecule has 0 atom stereocenters. The van der Waals surface area contributed by atoms with Gasteiger partial charge in [0, 0.05) is 5.56 Å². The van der Waals surface area contributed by atoms with Crippen LogP contribution in [0.4, 0.5) is 0 Å². The average molecular weight is 431 g/mol. The predicted octanol–water partition coefficient (Wildman–Crippen LogP) is 1.61. The number of rotatable bonds is 10. The molecule has 0 fully saturated rings. The third-order valence-corrected chi connectivity index (χ3v) is 4.15. The Hall–Kier alpha value is -3.95. The number of amides is 2. The molecule has 0 aromatic heterocycles. The molecule has 0 heterocycles. The van der Waals surface area contributed by atoms with Crippen molar-refractivity contribution in [1.29, 1.82) is 0 Å². The molecule has 0 aliphatic rings. The SMILES string of the molecule is COc1ccc(/C=N\NC(=O)CNC(=O)c2cc(OC)c(OC)c(OC)c2)cc1OC. The van der Waals surface area contributed by atoms with Crippen LogP contribution in [-0.4, -0.2) is 60.1 Å². The molecule has 10 heteroatoms. The maximum Gasteiger partial charge on any atom is 0.259 e. The minimum absolute atomic E-state index is 0.246. The van der Waals surface area contributed by atoms with Crippen LogP contribution < -0.4 is 34.4 Å². The molecule has 166 valence electrons. The van der Waals surface area contributed by atoms with E-state index in [1.54, 1.807) is 18.2 Å². The summed E-state index contributed by atoms with van der Waals surface area (Å²) in [5.74, 6) is 1.15. The minimum Gasteiger partial charge on any atom is -0.493 e. The number of ether oxygens (including phenoxy) is 5. The van der Waals surface area contributed by atoms with Gasteiger partial charge in [0.15, 0.2) is 23.0 Å². The molecule has 2 aromatic carbocycles. The number of methoxy groups -OCH3 is 5. The first-order chi connectivity index (χ1) is 15.0. The zero-order valence-corrected chi connectivity index (χ0v) is 18.0. The molecule has 0 saturated carbocycles. The molecule has 0 aliphatic carbocycles. The van der Waals surface area contributed by atoms with Crippen LogP contribution >= 0.6 is 0 Å². The fraction of sp³-hybridized carbons (Fsp3) is 0.286. The second-order valence-electron chi connectivity index (χ2n) is 6.00. The number of hydrogen-bond donors (Lipinski definition) is 2. The number of benzene rings is 2. The molecule has 2 N–H and O–H groups in total. The highest BCUT2D eigenvalue weighted by molar-refractivity contribution is 5.97. The van der Waals surface area contributed by atoms with Crippen LogP contribution in [0.1, 0.15) is 15.9 Å². The van der Waals surface area contributed by atoms with Gasteiger partial charge in [0.2, 0.25) is 5.75 Å². The van der Waals surface area contributed by atoms with E-state index >= 15 is 0 Å². The largest absolute Gasteiger partial charge is 0.493 e. The number of nitrogens with one attached hydrogen (secondary N) is 2. The lowest BCUT2D eigenvalue weighted by Gasteiger charge is -2.14. The van der Waals surface area contributed by atoms with E-state index in [0.717, 1.165) is 0 Å². The second-order valence-corrected chi connectivity index (χ2v) is 6.00. The lowest BCUT2D eigenvalue weighted by atomic mass is 10.1. The van der Waals surface area contributed by atoms with E-state index in [2.05, 4.69) is 15.8 Å². The summed E-state index contributed by atoms with van der Waals surface area (Å²) < 4.78 is 26.0. The Morgan fingerprint density at radius 2 is 1.45 bits per heavy atom. The summed E-state index contributed by atoms with van der Waals surface area (Å²) in [6.45, 7) is -0.279. The van der Waals surface area contributed by atoms with Gasteiger partial charge in [-0.2, -0.15) is 5.10 Å². The van der Waals surface area contributed by atoms with Crippen LogP contribution in [0.15, 0.2) is 35.4 Å². The molecular formula is C21H25N3O7. The van der Waals surface area contributed by atoms with E-state index < -0.39 is 11.8 Å². The fourth-order valence-corrected chi connectivity index (χ4v) is 2.63. The average Bonchev–Trinajstić information content (AvgIpc) is 2.81. The topological polar surface area (TPSA) is 117 Å². The number of nitrogens with zero attached hydrogens (tertiary/aromatic N) is 1. The molecule has 31 heavy (non-hydrogen) atoms. The van der Waals surface area contributed by atoms with Crippen molar-refractivity contribution >= 4 is 18.0 Å². The molecule has 2 rings (SSSR count). The monoisotopic (exact) mass is 431 g/mol. The van der Waals surface area contributed by atoms with Crippen molar-refractivity contribution in [3.63, 3.8) is 0 Å². The van der Waals surface area contributed by atoms with Crippen molar-refractivity contribution in [3.8, 4) is 28.7 Å². The number of carbonyl (C=O) groups excluding carboxylic acids is 2. The van der Waals surface area contributed by atoms with Crippen LogP contribution in [-0.2, 0) is 4.79 Å². The molecule has 0 unspecified atom stereocenters. The van der Waals surface area contributed by atoms with Crippen LogP contribution in [0.5, 0.6) is 28.7 Å². The molecule has 2 amide bonds. The standard InChI is InChI=1S/C21H25N3O7/c1-27-15-7-6-13(8-16(15)28-2)11-23-24-19(25)12-22-21(26)14-9-17(29-3)20(31-5)18(10-14)30-4/h6-11H,12H2,1-5H3,(H,22,26)(H,24,25)/b23-11-.